The van der Waals surface area contributed by atoms with Crippen LogP contribution in [0.5, 0.6) is 0 Å². The first-order valence-electron chi connectivity index (χ1n) is 12.7. The van der Waals surface area contributed by atoms with E-state index in [9.17, 15) is 9.90 Å². The normalized spacial score (nSPS) is 19.0. The predicted octanol–water partition coefficient (Wildman–Crippen LogP) is 7.75. The van der Waals surface area contributed by atoms with Crippen molar-refractivity contribution in [2.45, 2.75) is 64.2 Å². The van der Waals surface area contributed by atoms with Gasteiger partial charge in [0.15, 0.2) is 5.78 Å². The average Bonchev–Trinajstić information content (AvgIpc) is 2.86. The van der Waals surface area contributed by atoms with Crippen LogP contribution in [0.25, 0.3) is 10.8 Å². The van der Waals surface area contributed by atoms with E-state index in [1.54, 1.807) is 0 Å². The lowest BCUT2D eigenvalue weighted by molar-refractivity contribution is -0.115. The number of benzene rings is 3. The molecule has 0 bridgehead atoms. The van der Waals surface area contributed by atoms with E-state index >= 15 is 0 Å². The molecule has 3 nitrogen and oxygen atoms in total. The Bertz CT molecular complexity index is 1170. The molecule has 1 atom stereocenters. The first-order chi connectivity index (χ1) is 16.7. The van der Waals surface area contributed by atoms with Gasteiger partial charge in [0.05, 0.1) is 5.57 Å². The Balaban J connectivity index is 1.61. The van der Waals surface area contributed by atoms with E-state index in [4.69, 9.17) is 4.99 Å². The Kier molecular flexibility index (Phi) is 8.30. The highest BCUT2D eigenvalue weighted by molar-refractivity contribution is 6.24. The van der Waals surface area contributed by atoms with Crippen LogP contribution in [-0.2, 0) is 11.2 Å². The maximum absolute atomic E-state index is 13.4. The SMILES string of the molecule is CCCCCCCN=C1CC(c2ccccc2)CC(=O)C1=C(O)Cc1cccc2ccccc12. The molecule has 176 valence electrons. The third-order valence-electron chi connectivity index (χ3n) is 6.80. The summed E-state index contributed by atoms with van der Waals surface area (Å²) < 4.78 is 0. The number of nitrogens with zero attached hydrogens (tertiary/aromatic N) is 1. The highest BCUT2D eigenvalue weighted by Crippen LogP contribution is 2.34. The van der Waals surface area contributed by atoms with Crippen molar-refractivity contribution in [3.63, 3.8) is 0 Å². The molecule has 1 aliphatic rings. The lowest BCUT2D eigenvalue weighted by atomic mass is 9.78. The standard InChI is InChI=1S/C31H35NO2/c1-2-3-4-5-11-19-32-28-20-26(23-13-7-6-8-14-23)22-30(34)31(28)29(33)21-25-17-12-16-24-15-9-10-18-27(24)25/h6-10,12-18,26,33H,2-5,11,19-22H2,1H3. The minimum absolute atomic E-state index is 0.00238. The van der Waals surface area contributed by atoms with Crippen molar-refractivity contribution in [1.29, 1.82) is 0 Å². The zero-order valence-corrected chi connectivity index (χ0v) is 20.2. The Morgan fingerprint density at radius 3 is 2.44 bits per heavy atom. The van der Waals surface area contributed by atoms with E-state index < -0.39 is 0 Å². The number of Topliss-reactive ketones (excluding diaryl/α,β-unsaturated/α-hetero) is 1. The molecule has 3 aromatic carbocycles. The van der Waals surface area contributed by atoms with E-state index in [1.165, 1.54) is 24.8 Å². The molecule has 1 aliphatic carbocycles. The lowest BCUT2D eigenvalue weighted by Gasteiger charge is -2.26. The molecule has 1 fully saturated rings. The number of carbonyl (C=O) groups excluding carboxylic acids is 1. The van der Waals surface area contributed by atoms with Gasteiger partial charge in [0, 0.05) is 25.1 Å². The molecule has 4 rings (SSSR count). The molecule has 1 saturated carbocycles. The molecule has 34 heavy (non-hydrogen) atoms. The van der Waals surface area contributed by atoms with Crippen molar-refractivity contribution in [2.75, 3.05) is 6.54 Å². The second-order valence-corrected chi connectivity index (χ2v) is 9.32. The molecular formula is C31H35NO2. The zero-order valence-electron chi connectivity index (χ0n) is 20.2. The van der Waals surface area contributed by atoms with Crippen molar-refractivity contribution < 1.29 is 9.90 Å². The number of unbranched alkanes of at least 4 members (excludes halogenated alkanes) is 4. The molecule has 0 radical (unpaired) electrons. The van der Waals surface area contributed by atoms with Gasteiger partial charge in [-0.3, -0.25) is 9.79 Å². The van der Waals surface area contributed by atoms with Crippen LogP contribution in [0.15, 0.2) is 89.1 Å². The van der Waals surface area contributed by atoms with Crippen LogP contribution in [0.4, 0.5) is 0 Å². The van der Waals surface area contributed by atoms with Crippen molar-refractivity contribution >= 4 is 22.3 Å². The quantitative estimate of drug-likeness (QED) is 0.204. The maximum Gasteiger partial charge on any atom is 0.168 e. The van der Waals surface area contributed by atoms with Gasteiger partial charge in [-0.2, -0.15) is 0 Å². The fraction of sp³-hybridized carbons (Fsp3) is 0.355. The van der Waals surface area contributed by atoms with E-state index in [-0.39, 0.29) is 17.5 Å². The predicted molar refractivity (Wildman–Crippen MR) is 142 cm³/mol. The number of allylic oxidation sites excluding steroid dienone is 2. The summed E-state index contributed by atoms with van der Waals surface area (Å²) in [6.07, 6.45) is 7.32. The fourth-order valence-corrected chi connectivity index (χ4v) is 4.97. The van der Waals surface area contributed by atoms with E-state index in [0.29, 0.717) is 31.4 Å². The van der Waals surface area contributed by atoms with Gasteiger partial charge in [-0.1, -0.05) is 105 Å². The summed E-state index contributed by atoms with van der Waals surface area (Å²) in [4.78, 5) is 18.3. The fourth-order valence-electron chi connectivity index (χ4n) is 4.97. The Morgan fingerprint density at radius 1 is 0.882 bits per heavy atom. The van der Waals surface area contributed by atoms with Crippen LogP contribution in [-0.4, -0.2) is 23.1 Å². The van der Waals surface area contributed by atoms with Gasteiger partial charge >= 0.3 is 0 Å². The topological polar surface area (TPSA) is 49.7 Å². The molecular weight excluding hydrogens is 418 g/mol. The number of fused-ring (bicyclic) bond motifs is 1. The van der Waals surface area contributed by atoms with Gasteiger partial charge in [0.25, 0.3) is 0 Å². The first-order valence-corrected chi connectivity index (χ1v) is 12.7. The van der Waals surface area contributed by atoms with E-state index in [0.717, 1.165) is 34.9 Å². The van der Waals surface area contributed by atoms with Crippen LogP contribution in [0.1, 0.15) is 68.9 Å². The molecule has 3 aromatic rings. The number of ketones is 1. The summed E-state index contributed by atoms with van der Waals surface area (Å²) >= 11 is 0. The van der Waals surface area contributed by atoms with Crippen LogP contribution in [0, 0.1) is 0 Å². The number of hydrogen-bond acceptors (Lipinski definition) is 3. The van der Waals surface area contributed by atoms with Crippen LogP contribution < -0.4 is 0 Å². The summed E-state index contributed by atoms with van der Waals surface area (Å²) in [5, 5.41) is 13.5. The van der Waals surface area contributed by atoms with Gasteiger partial charge in [-0.25, -0.2) is 0 Å². The number of aliphatic imine (C=N–C) groups is 1. The molecule has 0 heterocycles. The number of rotatable bonds is 9. The second kappa shape index (κ2) is 11.8. The van der Waals surface area contributed by atoms with Gasteiger partial charge in [-0.15, -0.1) is 0 Å². The summed E-state index contributed by atoms with van der Waals surface area (Å²) in [5.41, 5.74) is 3.42. The first kappa shape index (κ1) is 23.9. The third kappa shape index (κ3) is 5.83. The monoisotopic (exact) mass is 453 g/mol. The Labute approximate surface area is 203 Å². The van der Waals surface area contributed by atoms with E-state index in [1.807, 2.05) is 42.5 Å². The smallest absolute Gasteiger partial charge is 0.168 e. The van der Waals surface area contributed by atoms with Crippen molar-refractivity contribution in [2.24, 2.45) is 4.99 Å². The maximum atomic E-state index is 13.4. The Morgan fingerprint density at radius 2 is 1.62 bits per heavy atom. The van der Waals surface area contributed by atoms with Gasteiger partial charge in [-0.05, 0) is 40.7 Å². The third-order valence-corrected chi connectivity index (χ3v) is 6.80. The van der Waals surface area contributed by atoms with E-state index in [2.05, 4.69) is 37.3 Å². The summed E-state index contributed by atoms with van der Waals surface area (Å²) in [7, 11) is 0. The van der Waals surface area contributed by atoms with Gasteiger partial charge < -0.3 is 5.11 Å². The lowest BCUT2D eigenvalue weighted by Crippen LogP contribution is -2.27. The zero-order chi connectivity index (χ0) is 23.8. The Hall–Kier alpha value is -3.20. The second-order valence-electron chi connectivity index (χ2n) is 9.32. The van der Waals surface area contributed by atoms with Crippen LogP contribution in [0.3, 0.4) is 0 Å². The molecule has 3 heteroatoms. The number of carbonyl (C=O) groups is 1. The summed E-state index contributed by atoms with van der Waals surface area (Å²) in [6, 6.07) is 24.5. The molecule has 0 spiro atoms. The number of aliphatic hydroxyl groups excluding tert-OH is 1. The average molecular weight is 454 g/mol. The minimum atomic E-state index is 0.00238. The van der Waals surface area contributed by atoms with Gasteiger partial charge in [0.1, 0.15) is 5.76 Å². The highest BCUT2D eigenvalue weighted by Gasteiger charge is 2.32. The molecule has 1 unspecified atom stereocenters. The summed E-state index contributed by atoms with van der Waals surface area (Å²) in [6.45, 7) is 2.92. The van der Waals surface area contributed by atoms with Crippen molar-refractivity contribution in [1.82, 2.24) is 0 Å². The van der Waals surface area contributed by atoms with Crippen molar-refractivity contribution in [3.8, 4) is 0 Å². The number of aliphatic hydroxyl groups is 1. The molecule has 0 aromatic heterocycles. The number of hydrogen-bond donors (Lipinski definition) is 1. The molecule has 0 saturated heterocycles. The van der Waals surface area contributed by atoms with Crippen LogP contribution >= 0.6 is 0 Å². The highest BCUT2D eigenvalue weighted by atomic mass is 16.3. The van der Waals surface area contributed by atoms with Crippen molar-refractivity contribution in [3.05, 3.63) is 95.3 Å². The minimum Gasteiger partial charge on any atom is -0.511 e. The largest absolute Gasteiger partial charge is 0.511 e. The molecule has 1 N–H and O–H groups in total. The molecule has 0 amide bonds. The molecule has 0 aliphatic heterocycles. The van der Waals surface area contributed by atoms with Crippen LogP contribution in [0.2, 0.25) is 0 Å². The summed E-state index contributed by atoms with van der Waals surface area (Å²) in [5.74, 6) is 0.266. The van der Waals surface area contributed by atoms with Gasteiger partial charge in [0.2, 0.25) is 0 Å².